The van der Waals surface area contributed by atoms with E-state index in [1.165, 1.54) is 0 Å². The molecule has 2 fully saturated rings. The van der Waals surface area contributed by atoms with Crippen molar-refractivity contribution in [2.45, 2.75) is 97.1 Å². The van der Waals surface area contributed by atoms with Gasteiger partial charge in [-0.15, -0.1) is 0 Å². The summed E-state index contributed by atoms with van der Waals surface area (Å²) in [5.74, 6) is -2.01. The number of carbonyl (C=O) groups excluding carboxylic acids is 2. The van der Waals surface area contributed by atoms with E-state index >= 15 is 0 Å². The lowest BCUT2D eigenvalue weighted by molar-refractivity contribution is -0.172. The van der Waals surface area contributed by atoms with Crippen molar-refractivity contribution in [3.05, 3.63) is 23.3 Å². The van der Waals surface area contributed by atoms with Crippen LogP contribution in [0.15, 0.2) is 23.3 Å². The van der Waals surface area contributed by atoms with E-state index in [0.29, 0.717) is 38.5 Å². The average Bonchev–Trinajstić information content (AvgIpc) is 3.02. The number of Topliss-reactive ketones (excluding diaryl/α,β-unsaturated/α-hetero) is 1. The van der Waals surface area contributed by atoms with E-state index in [9.17, 15) is 29.7 Å². The number of carboxylic acid groups (broad SMARTS) is 1. The minimum atomic E-state index is -1.55. The quantitative estimate of drug-likeness (QED) is 0.381. The lowest BCUT2D eigenvalue weighted by Gasteiger charge is -2.57. The van der Waals surface area contributed by atoms with Crippen LogP contribution in [-0.4, -0.2) is 50.9 Å². The average molecular weight is 475 g/mol. The predicted octanol–water partition coefficient (Wildman–Crippen LogP) is 3.57. The van der Waals surface area contributed by atoms with Gasteiger partial charge in [-0.1, -0.05) is 31.1 Å². The van der Waals surface area contributed by atoms with E-state index in [1.807, 2.05) is 6.92 Å². The lowest BCUT2D eigenvalue weighted by Crippen LogP contribution is -2.54. The molecule has 0 bridgehead atoms. The highest BCUT2D eigenvalue weighted by atomic mass is 16.6. The molecule has 0 spiro atoms. The second-order valence-electron chi connectivity index (χ2n) is 11.6. The number of aliphatic hydroxyl groups excluding tert-OH is 1. The SMILES string of the molecule is CC(C)OC(O)C(=O)C1CC2=CC(=O)CC[C@]2(C)C2=CC[C@@]3(C)[C@@H](CC[C@]3(O)CCC(=O)O)[C@@H]21. The minimum absolute atomic E-state index is 0.0255. The third-order valence-electron chi connectivity index (χ3n) is 9.48. The molecule has 2 unspecified atom stereocenters. The smallest absolute Gasteiger partial charge is 0.303 e. The minimum Gasteiger partial charge on any atom is -0.481 e. The van der Waals surface area contributed by atoms with Crippen LogP contribution in [-0.2, 0) is 19.1 Å². The fraction of sp³-hybridized carbons (Fsp3) is 0.741. The molecular formula is C27H38O7. The maximum absolute atomic E-state index is 13.6. The Bertz CT molecular complexity index is 949. The monoisotopic (exact) mass is 474 g/mol. The molecule has 7 heteroatoms. The molecule has 34 heavy (non-hydrogen) atoms. The molecule has 7 nitrogen and oxygen atoms in total. The number of aliphatic hydroxyl groups is 2. The third-order valence-corrected chi connectivity index (χ3v) is 9.48. The molecule has 3 N–H and O–H groups in total. The molecule has 0 aromatic heterocycles. The van der Waals surface area contributed by atoms with Crippen LogP contribution >= 0.6 is 0 Å². The molecule has 4 rings (SSSR count). The van der Waals surface area contributed by atoms with Gasteiger partial charge in [0.25, 0.3) is 0 Å². The van der Waals surface area contributed by atoms with Crippen molar-refractivity contribution in [1.82, 2.24) is 0 Å². The standard InChI is InChI=1S/C27H38O7/c1-15(2)34-24(32)23(31)18-14-16-13-17(28)5-9-25(16,3)19-6-10-26(4)20(22(18)19)7-11-27(26,33)12-8-21(29)30/h6,13,15,18,20,22,24,32-33H,5,7-12,14H2,1-4H3,(H,29,30)/t18?,20-,22+,24?,25-,26-,27-/m0/s1. The van der Waals surface area contributed by atoms with E-state index in [2.05, 4.69) is 13.0 Å². The number of aliphatic carboxylic acids is 1. The highest BCUT2D eigenvalue weighted by molar-refractivity contribution is 5.93. The second-order valence-corrected chi connectivity index (χ2v) is 11.6. The molecule has 0 saturated heterocycles. The van der Waals surface area contributed by atoms with Gasteiger partial charge in [0, 0.05) is 29.6 Å². The van der Waals surface area contributed by atoms with Crippen LogP contribution in [0.5, 0.6) is 0 Å². The highest BCUT2D eigenvalue weighted by Gasteiger charge is 2.64. The van der Waals surface area contributed by atoms with Crippen LogP contribution < -0.4 is 0 Å². The zero-order valence-corrected chi connectivity index (χ0v) is 20.7. The number of fused-ring (bicyclic) bond motifs is 5. The molecule has 4 aliphatic carbocycles. The number of ether oxygens (including phenoxy) is 1. The Morgan fingerprint density at radius 1 is 1.24 bits per heavy atom. The Morgan fingerprint density at radius 3 is 2.59 bits per heavy atom. The number of allylic oxidation sites excluding steroid dienone is 4. The number of carbonyl (C=O) groups is 3. The van der Waals surface area contributed by atoms with Crippen molar-refractivity contribution < 1.29 is 34.4 Å². The third kappa shape index (κ3) is 3.90. The zero-order valence-electron chi connectivity index (χ0n) is 20.7. The van der Waals surface area contributed by atoms with Gasteiger partial charge >= 0.3 is 5.97 Å². The van der Waals surface area contributed by atoms with Crippen LogP contribution in [0, 0.1) is 28.6 Å². The van der Waals surface area contributed by atoms with Crippen molar-refractivity contribution in [1.29, 1.82) is 0 Å². The first-order valence-electron chi connectivity index (χ1n) is 12.6. The summed E-state index contributed by atoms with van der Waals surface area (Å²) in [4.78, 5) is 37.1. The van der Waals surface area contributed by atoms with Crippen LogP contribution in [0.25, 0.3) is 0 Å². The number of ketones is 2. The summed E-state index contributed by atoms with van der Waals surface area (Å²) in [6.07, 6.45) is 5.39. The van der Waals surface area contributed by atoms with Crippen LogP contribution in [0.2, 0.25) is 0 Å². The van der Waals surface area contributed by atoms with Gasteiger partial charge in [-0.3, -0.25) is 14.4 Å². The van der Waals surface area contributed by atoms with Crippen molar-refractivity contribution in [3.8, 4) is 0 Å². The second kappa shape index (κ2) is 8.68. The number of carboxylic acids is 1. The molecule has 0 radical (unpaired) electrons. The summed E-state index contributed by atoms with van der Waals surface area (Å²) in [7, 11) is 0. The van der Waals surface area contributed by atoms with Crippen molar-refractivity contribution in [3.63, 3.8) is 0 Å². The van der Waals surface area contributed by atoms with Crippen molar-refractivity contribution in [2.24, 2.45) is 28.6 Å². The molecule has 0 aliphatic heterocycles. The maximum atomic E-state index is 13.6. The normalized spacial score (nSPS) is 40.1. The Balaban J connectivity index is 1.78. The molecule has 0 heterocycles. The molecule has 0 aromatic rings. The topological polar surface area (TPSA) is 121 Å². The Kier molecular flexibility index (Phi) is 6.45. The fourth-order valence-corrected chi connectivity index (χ4v) is 7.47. The number of rotatable bonds is 7. The summed E-state index contributed by atoms with van der Waals surface area (Å²) in [5.41, 5.74) is 0.0726. The zero-order chi connectivity index (χ0) is 25.1. The van der Waals surface area contributed by atoms with Crippen LogP contribution in [0.4, 0.5) is 0 Å². The Hall–Kier alpha value is -1.83. The molecule has 0 amide bonds. The Labute approximate surface area is 201 Å². The lowest BCUT2D eigenvalue weighted by atomic mass is 9.47. The van der Waals surface area contributed by atoms with Gasteiger partial charge in [0.15, 0.2) is 11.6 Å². The van der Waals surface area contributed by atoms with Gasteiger partial charge in [-0.25, -0.2) is 0 Å². The van der Waals surface area contributed by atoms with Gasteiger partial charge in [0.1, 0.15) is 0 Å². The highest BCUT2D eigenvalue weighted by Crippen LogP contribution is 2.67. The van der Waals surface area contributed by atoms with Gasteiger partial charge in [-0.2, -0.15) is 0 Å². The molecule has 188 valence electrons. The summed E-state index contributed by atoms with van der Waals surface area (Å²) in [6.45, 7) is 7.71. The number of hydrogen-bond acceptors (Lipinski definition) is 6. The maximum Gasteiger partial charge on any atom is 0.303 e. The molecule has 4 aliphatic rings. The van der Waals surface area contributed by atoms with E-state index in [4.69, 9.17) is 4.74 Å². The molecule has 7 atom stereocenters. The van der Waals surface area contributed by atoms with Gasteiger partial charge in [0.05, 0.1) is 11.7 Å². The largest absolute Gasteiger partial charge is 0.481 e. The summed E-state index contributed by atoms with van der Waals surface area (Å²) in [5, 5.41) is 31.5. The summed E-state index contributed by atoms with van der Waals surface area (Å²) >= 11 is 0. The van der Waals surface area contributed by atoms with Gasteiger partial charge < -0.3 is 20.1 Å². The molecule has 0 aromatic carbocycles. The first kappa shape index (κ1) is 25.3. The first-order valence-corrected chi connectivity index (χ1v) is 12.6. The van der Waals surface area contributed by atoms with E-state index < -0.39 is 29.2 Å². The summed E-state index contributed by atoms with van der Waals surface area (Å²) in [6, 6.07) is 0. The fourth-order valence-electron chi connectivity index (χ4n) is 7.47. The van der Waals surface area contributed by atoms with E-state index in [0.717, 1.165) is 11.1 Å². The van der Waals surface area contributed by atoms with E-state index in [1.54, 1.807) is 19.9 Å². The van der Waals surface area contributed by atoms with Gasteiger partial charge in [0.2, 0.25) is 6.29 Å². The summed E-state index contributed by atoms with van der Waals surface area (Å²) < 4.78 is 5.46. The van der Waals surface area contributed by atoms with Gasteiger partial charge in [-0.05, 0) is 70.3 Å². The first-order chi connectivity index (χ1) is 15.8. The molecule has 2 saturated carbocycles. The van der Waals surface area contributed by atoms with E-state index in [-0.39, 0.29) is 47.8 Å². The Morgan fingerprint density at radius 2 is 1.94 bits per heavy atom. The molecular weight excluding hydrogens is 436 g/mol. The predicted molar refractivity (Wildman–Crippen MR) is 125 cm³/mol. The number of hydrogen-bond donors (Lipinski definition) is 3. The van der Waals surface area contributed by atoms with Crippen molar-refractivity contribution >= 4 is 17.5 Å². The van der Waals surface area contributed by atoms with Crippen LogP contribution in [0.1, 0.15) is 79.1 Å². The van der Waals surface area contributed by atoms with Crippen molar-refractivity contribution in [2.75, 3.05) is 0 Å². The van der Waals surface area contributed by atoms with Crippen LogP contribution in [0.3, 0.4) is 0 Å².